The van der Waals surface area contributed by atoms with Crippen LogP contribution in [0, 0.1) is 5.92 Å². The van der Waals surface area contributed by atoms with Crippen LogP contribution in [-0.2, 0) is 6.54 Å². The summed E-state index contributed by atoms with van der Waals surface area (Å²) < 4.78 is 11.5. The highest BCUT2D eigenvalue weighted by atomic mass is 32.2. The molecule has 1 atom stereocenters. The Balaban J connectivity index is 1.69. The molecular weight excluding hydrogens is 384 g/mol. The largest absolute Gasteiger partial charge is 0.490 e. The van der Waals surface area contributed by atoms with E-state index in [2.05, 4.69) is 49.7 Å². The number of hydrogen-bond donors (Lipinski definition) is 1. The Labute approximate surface area is 177 Å². The third-order valence-corrected chi connectivity index (χ3v) is 5.75. The number of carbonyl (C=O) groups excluding carboxylic acids is 1. The molecule has 0 aliphatic carbocycles. The maximum absolute atomic E-state index is 12.9. The molecule has 0 saturated carbocycles. The minimum atomic E-state index is -0.110. The van der Waals surface area contributed by atoms with Crippen molar-refractivity contribution in [3.05, 3.63) is 53.6 Å². The van der Waals surface area contributed by atoms with E-state index >= 15 is 0 Å². The van der Waals surface area contributed by atoms with Crippen LogP contribution >= 0.6 is 11.8 Å². The quantitative estimate of drug-likeness (QED) is 0.668. The van der Waals surface area contributed by atoms with Gasteiger partial charge in [0.1, 0.15) is 0 Å². The van der Waals surface area contributed by atoms with Crippen LogP contribution < -0.4 is 14.8 Å². The lowest BCUT2D eigenvalue weighted by molar-refractivity contribution is 0.198. The molecule has 1 aliphatic rings. The number of amides is 2. The predicted molar refractivity (Wildman–Crippen MR) is 118 cm³/mol. The standard InChI is InChI=1S/C23H30N2O3S/c1-16(2)22(18-8-11-20-21(14-18)28-13-5-12-27-20)24-23(26)25(3)15-17-6-9-19(29-4)10-7-17/h6-11,14,16,22H,5,12-13,15H2,1-4H3,(H,24,26). The number of thioether (sulfide) groups is 1. The van der Waals surface area contributed by atoms with Crippen LogP contribution in [0.15, 0.2) is 47.4 Å². The maximum Gasteiger partial charge on any atom is 0.317 e. The lowest BCUT2D eigenvalue weighted by Crippen LogP contribution is -2.40. The molecule has 1 heterocycles. The first-order valence-corrected chi connectivity index (χ1v) is 11.2. The van der Waals surface area contributed by atoms with E-state index in [4.69, 9.17) is 9.47 Å². The van der Waals surface area contributed by atoms with Crippen molar-refractivity contribution in [1.29, 1.82) is 0 Å². The van der Waals surface area contributed by atoms with Gasteiger partial charge in [0.15, 0.2) is 11.5 Å². The molecule has 2 aromatic rings. The molecule has 0 radical (unpaired) electrons. The normalized spacial score (nSPS) is 14.2. The van der Waals surface area contributed by atoms with Crippen LogP contribution in [0.1, 0.15) is 37.4 Å². The molecule has 29 heavy (non-hydrogen) atoms. The van der Waals surface area contributed by atoms with Crippen molar-refractivity contribution in [2.75, 3.05) is 26.5 Å². The lowest BCUT2D eigenvalue weighted by Gasteiger charge is -2.27. The zero-order valence-electron chi connectivity index (χ0n) is 17.6. The Bertz CT molecular complexity index is 823. The average molecular weight is 415 g/mol. The van der Waals surface area contributed by atoms with E-state index in [0.717, 1.165) is 29.0 Å². The van der Waals surface area contributed by atoms with Gasteiger partial charge >= 0.3 is 6.03 Å². The Hall–Kier alpha value is -2.34. The number of urea groups is 1. The molecule has 3 rings (SSSR count). The summed E-state index contributed by atoms with van der Waals surface area (Å²) in [6.45, 7) is 6.09. The molecule has 0 fully saturated rings. The highest BCUT2D eigenvalue weighted by Gasteiger charge is 2.22. The summed E-state index contributed by atoms with van der Waals surface area (Å²) in [6, 6.07) is 14.0. The summed E-state index contributed by atoms with van der Waals surface area (Å²) in [5.74, 6) is 1.76. The van der Waals surface area contributed by atoms with Gasteiger partial charge in [-0.2, -0.15) is 0 Å². The smallest absolute Gasteiger partial charge is 0.317 e. The Morgan fingerprint density at radius 1 is 1.10 bits per heavy atom. The van der Waals surface area contributed by atoms with Crippen molar-refractivity contribution in [2.45, 2.75) is 37.8 Å². The van der Waals surface area contributed by atoms with Gasteiger partial charge < -0.3 is 19.7 Å². The molecule has 2 aromatic carbocycles. The maximum atomic E-state index is 12.9. The van der Waals surface area contributed by atoms with Gasteiger partial charge in [-0.1, -0.05) is 32.0 Å². The summed E-state index contributed by atoms with van der Waals surface area (Å²) in [4.78, 5) is 15.8. The van der Waals surface area contributed by atoms with Gasteiger partial charge in [0.25, 0.3) is 0 Å². The first kappa shape index (κ1) is 21.4. The fourth-order valence-corrected chi connectivity index (χ4v) is 3.74. The fraction of sp³-hybridized carbons (Fsp3) is 0.435. The van der Waals surface area contributed by atoms with Crippen LogP contribution in [-0.4, -0.2) is 37.4 Å². The number of hydrogen-bond acceptors (Lipinski definition) is 4. The van der Waals surface area contributed by atoms with E-state index in [9.17, 15) is 4.79 Å². The SMILES string of the molecule is CSc1ccc(CN(C)C(=O)NC(c2ccc3c(c2)OCCCO3)C(C)C)cc1. The minimum absolute atomic E-state index is 0.0928. The van der Waals surface area contributed by atoms with Crippen molar-refractivity contribution >= 4 is 17.8 Å². The van der Waals surface area contributed by atoms with Crippen molar-refractivity contribution in [3.8, 4) is 11.5 Å². The molecule has 0 bridgehead atoms. The zero-order valence-corrected chi connectivity index (χ0v) is 18.4. The average Bonchev–Trinajstić information content (AvgIpc) is 2.97. The number of nitrogens with zero attached hydrogens (tertiary/aromatic N) is 1. The summed E-state index contributed by atoms with van der Waals surface area (Å²) in [7, 11) is 1.82. The van der Waals surface area contributed by atoms with Crippen LogP contribution in [0.5, 0.6) is 11.5 Å². The van der Waals surface area contributed by atoms with Crippen molar-refractivity contribution in [2.24, 2.45) is 5.92 Å². The Morgan fingerprint density at radius 3 is 2.45 bits per heavy atom. The van der Waals surface area contributed by atoms with Gasteiger partial charge in [0.2, 0.25) is 0 Å². The van der Waals surface area contributed by atoms with E-state index in [1.165, 1.54) is 4.90 Å². The van der Waals surface area contributed by atoms with Crippen molar-refractivity contribution < 1.29 is 14.3 Å². The highest BCUT2D eigenvalue weighted by molar-refractivity contribution is 7.98. The molecule has 0 spiro atoms. The van der Waals surface area contributed by atoms with E-state index in [1.807, 2.05) is 25.2 Å². The fourth-order valence-electron chi connectivity index (χ4n) is 3.33. The molecule has 6 heteroatoms. The Morgan fingerprint density at radius 2 is 1.79 bits per heavy atom. The van der Waals surface area contributed by atoms with Gasteiger partial charge in [-0.25, -0.2) is 4.79 Å². The molecule has 1 N–H and O–H groups in total. The number of carbonyl (C=O) groups is 1. The molecule has 1 aliphatic heterocycles. The van der Waals surface area contributed by atoms with Gasteiger partial charge in [-0.05, 0) is 47.6 Å². The van der Waals surface area contributed by atoms with E-state index in [0.29, 0.717) is 19.8 Å². The molecular formula is C23H30N2O3S. The third kappa shape index (κ3) is 5.60. The molecule has 5 nitrogen and oxygen atoms in total. The van der Waals surface area contributed by atoms with Crippen LogP contribution in [0.2, 0.25) is 0 Å². The summed E-state index contributed by atoms with van der Waals surface area (Å²) in [5.41, 5.74) is 2.13. The van der Waals surface area contributed by atoms with Crippen molar-refractivity contribution in [1.82, 2.24) is 10.2 Å². The number of nitrogens with one attached hydrogen (secondary N) is 1. The second kappa shape index (κ2) is 9.92. The summed E-state index contributed by atoms with van der Waals surface area (Å²) >= 11 is 1.71. The molecule has 0 saturated heterocycles. The van der Waals surface area contributed by atoms with Crippen LogP contribution in [0.25, 0.3) is 0 Å². The number of rotatable bonds is 6. The molecule has 0 aromatic heterocycles. The number of fused-ring (bicyclic) bond motifs is 1. The molecule has 1 unspecified atom stereocenters. The first-order chi connectivity index (χ1) is 14.0. The first-order valence-electron chi connectivity index (χ1n) is 10.0. The second-order valence-corrected chi connectivity index (χ2v) is 8.51. The number of benzene rings is 2. The zero-order chi connectivity index (χ0) is 20.8. The second-order valence-electron chi connectivity index (χ2n) is 7.63. The van der Waals surface area contributed by atoms with Gasteiger partial charge in [0, 0.05) is 24.9 Å². The lowest BCUT2D eigenvalue weighted by atomic mass is 9.95. The summed E-state index contributed by atoms with van der Waals surface area (Å²) in [6.07, 6.45) is 2.93. The molecule has 2 amide bonds. The number of ether oxygens (including phenoxy) is 2. The van der Waals surface area contributed by atoms with E-state index < -0.39 is 0 Å². The van der Waals surface area contributed by atoms with Gasteiger partial charge in [-0.15, -0.1) is 11.8 Å². The van der Waals surface area contributed by atoms with Crippen molar-refractivity contribution in [3.63, 3.8) is 0 Å². The van der Waals surface area contributed by atoms with E-state index in [1.54, 1.807) is 16.7 Å². The predicted octanol–water partition coefficient (Wildman–Crippen LogP) is 5.11. The monoisotopic (exact) mass is 414 g/mol. The van der Waals surface area contributed by atoms with Crippen LogP contribution in [0.4, 0.5) is 4.79 Å². The highest BCUT2D eigenvalue weighted by Crippen LogP contribution is 2.34. The third-order valence-electron chi connectivity index (χ3n) is 5.00. The van der Waals surface area contributed by atoms with Crippen LogP contribution in [0.3, 0.4) is 0 Å². The van der Waals surface area contributed by atoms with Gasteiger partial charge in [0.05, 0.1) is 19.3 Å². The summed E-state index contributed by atoms with van der Waals surface area (Å²) in [5, 5.41) is 3.18. The van der Waals surface area contributed by atoms with Gasteiger partial charge in [-0.3, -0.25) is 0 Å². The molecule has 156 valence electrons. The topological polar surface area (TPSA) is 50.8 Å². The Kier molecular flexibility index (Phi) is 7.31. The minimum Gasteiger partial charge on any atom is -0.490 e. The van der Waals surface area contributed by atoms with E-state index in [-0.39, 0.29) is 18.0 Å².